The largest absolute Gasteiger partial charge is 0.481 e. The number of nitro groups is 1. The van der Waals surface area contributed by atoms with Gasteiger partial charge in [-0.15, -0.1) is 0 Å². The molecule has 2 aliphatic carbocycles. The van der Waals surface area contributed by atoms with Crippen LogP contribution in [0.4, 0.5) is 0 Å². The average Bonchev–Trinajstić information content (AvgIpc) is 2.92. The molecule has 1 aromatic rings. The van der Waals surface area contributed by atoms with Crippen LogP contribution in [0.3, 0.4) is 0 Å². The zero-order valence-electron chi connectivity index (χ0n) is 15.2. The summed E-state index contributed by atoms with van der Waals surface area (Å²) < 4.78 is 0. The van der Waals surface area contributed by atoms with Gasteiger partial charge in [-0.2, -0.15) is 0 Å². The van der Waals surface area contributed by atoms with Gasteiger partial charge < -0.3 is 10.8 Å². The predicted octanol–water partition coefficient (Wildman–Crippen LogP) is 3.20. The Bertz CT molecular complexity index is 743. The number of carbonyl (C=O) groups is 1. The molecule has 1 fully saturated rings. The van der Waals surface area contributed by atoms with Crippen LogP contribution in [0, 0.1) is 33.3 Å². The van der Waals surface area contributed by atoms with E-state index in [4.69, 9.17) is 5.73 Å². The highest BCUT2D eigenvalue weighted by Crippen LogP contribution is 2.64. The smallest absolute Gasteiger partial charge is 0.309 e. The lowest BCUT2D eigenvalue weighted by Crippen LogP contribution is -2.63. The van der Waals surface area contributed by atoms with Gasteiger partial charge in [-0.05, 0) is 43.6 Å². The Labute approximate surface area is 153 Å². The topological polar surface area (TPSA) is 106 Å². The molecule has 1 aromatic carbocycles. The molecule has 0 radical (unpaired) electrons. The van der Waals surface area contributed by atoms with Crippen LogP contribution in [0.1, 0.15) is 38.7 Å². The lowest BCUT2D eigenvalue weighted by atomic mass is 9.46. The molecule has 0 aromatic heterocycles. The molecular weight excluding hydrogens is 332 g/mol. The van der Waals surface area contributed by atoms with Crippen molar-refractivity contribution in [3.8, 4) is 0 Å². The summed E-state index contributed by atoms with van der Waals surface area (Å²) in [6.45, 7) is 3.39. The van der Waals surface area contributed by atoms with E-state index in [1.807, 2.05) is 18.2 Å². The molecule has 0 saturated heterocycles. The van der Waals surface area contributed by atoms with Gasteiger partial charge in [0.05, 0.1) is 16.9 Å². The number of rotatable bonds is 7. The second-order valence-electron chi connectivity index (χ2n) is 8.02. The van der Waals surface area contributed by atoms with Crippen molar-refractivity contribution in [3.05, 3.63) is 57.7 Å². The molecule has 3 N–H and O–H groups in total. The van der Waals surface area contributed by atoms with Crippen molar-refractivity contribution in [1.82, 2.24) is 0 Å². The molecule has 1 saturated carbocycles. The zero-order valence-corrected chi connectivity index (χ0v) is 15.2. The molecule has 3 rings (SSSR count). The highest BCUT2D eigenvalue weighted by molar-refractivity contribution is 5.74. The average molecular weight is 358 g/mol. The quantitative estimate of drug-likeness (QED) is 0.442. The minimum Gasteiger partial charge on any atom is -0.481 e. The fourth-order valence-electron chi connectivity index (χ4n) is 5.36. The van der Waals surface area contributed by atoms with E-state index in [0.717, 1.165) is 12.8 Å². The molecule has 0 aliphatic heterocycles. The van der Waals surface area contributed by atoms with Crippen molar-refractivity contribution in [2.45, 2.75) is 38.6 Å². The van der Waals surface area contributed by atoms with E-state index in [2.05, 4.69) is 13.0 Å². The standard InChI is InChI=1S/C20H26N2O4/c1-3-13-9-14-11-20(12-22(25)26,16(14)10-13)17(18(23)24)19(2,21)15-7-5-4-6-8-15/h4-8,10,14,16-17H,3,9,11-12,21H2,1-2H3,(H,23,24)/t14-,16+,17?,19-,20+/m0/s1. The maximum Gasteiger partial charge on any atom is 0.309 e. The summed E-state index contributed by atoms with van der Waals surface area (Å²) in [7, 11) is 0. The molecule has 0 amide bonds. The van der Waals surface area contributed by atoms with Crippen LogP contribution in [-0.4, -0.2) is 22.5 Å². The van der Waals surface area contributed by atoms with Gasteiger partial charge in [0.15, 0.2) is 0 Å². The first-order chi connectivity index (χ1) is 12.2. The number of allylic oxidation sites excluding steroid dienone is 2. The third kappa shape index (κ3) is 2.82. The summed E-state index contributed by atoms with van der Waals surface area (Å²) in [6, 6.07) is 9.07. The Kier molecular flexibility index (Phi) is 4.65. The van der Waals surface area contributed by atoms with Crippen molar-refractivity contribution < 1.29 is 14.8 Å². The van der Waals surface area contributed by atoms with Gasteiger partial charge in [0.1, 0.15) is 0 Å². The molecule has 26 heavy (non-hydrogen) atoms. The molecule has 0 bridgehead atoms. The number of hydrogen-bond donors (Lipinski definition) is 2. The highest BCUT2D eigenvalue weighted by Gasteiger charge is 2.66. The second kappa shape index (κ2) is 6.50. The number of benzene rings is 1. The van der Waals surface area contributed by atoms with E-state index in [0.29, 0.717) is 17.9 Å². The van der Waals surface area contributed by atoms with Gasteiger partial charge in [-0.25, -0.2) is 0 Å². The Hall–Kier alpha value is -2.21. The molecule has 140 valence electrons. The summed E-state index contributed by atoms with van der Waals surface area (Å²) in [6.07, 6.45) is 4.45. The van der Waals surface area contributed by atoms with Crippen LogP contribution in [-0.2, 0) is 10.3 Å². The molecule has 1 unspecified atom stereocenters. The summed E-state index contributed by atoms with van der Waals surface area (Å²) in [4.78, 5) is 23.5. The number of aliphatic carboxylic acids is 1. The maximum atomic E-state index is 12.4. The lowest BCUT2D eigenvalue weighted by molar-refractivity contribution is -0.509. The first-order valence-electron chi connectivity index (χ1n) is 9.11. The minimum absolute atomic E-state index is 0.0875. The summed E-state index contributed by atoms with van der Waals surface area (Å²) in [5, 5.41) is 21.6. The summed E-state index contributed by atoms with van der Waals surface area (Å²) >= 11 is 0. The normalized spacial score (nSPS) is 30.5. The first-order valence-corrected chi connectivity index (χ1v) is 9.11. The third-order valence-corrected chi connectivity index (χ3v) is 6.45. The Morgan fingerprint density at radius 2 is 2.12 bits per heavy atom. The van der Waals surface area contributed by atoms with Gasteiger partial charge >= 0.3 is 5.97 Å². The van der Waals surface area contributed by atoms with Crippen molar-refractivity contribution in [2.75, 3.05) is 6.54 Å². The van der Waals surface area contributed by atoms with Crippen LogP contribution >= 0.6 is 0 Å². The fraction of sp³-hybridized carbons (Fsp3) is 0.550. The third-order valence-electron chi connectivity index (χ3n) is 6.45. The molecule has 6 nitrogen and oxygen atoms in total. The van der Waals surface area contributed by atoms with Crippen LogP contribution in [0.25, 0.3) is 0 Å². The number of fused-ring (bicyclic) bond motifs is 1. The van der Waals surface area contributed by atoms with E-state index in [1.54, 1.807) is 19.1 Å². The number of nitrogens with two attached hydrogens (primary N) is 1. The van der Waals surface area contributed by atoms with Gasteiger partial charge in [0, 0.05) is 4.92 Å². The van der Waals surface area contributed by atoms with E-state index < -0.39 is 22.8 Å². The van der Waals surface area contributed by atoms with Crippen molar-refractivity contribution in [1.29, 1.82) is 0 Å². The minimum atomic E-state index is -1.20. The Balaban J connectivity index is 2.07. The SMILES string of the molecule is CCC1=C[C@@H]2[C@@H](C1)C[C@]2(C[N+](=O)[O-])C(C(=O)O)[C@@](C)(N)c1ccccc1. The highest BCUT2D eigenvalue weighted by atomic mass is 16.6. The van der Waals surface area contributed by atoms with Crippen molar-refractivity contribution in [3.63, 3.8) is 0 Å². The monoisotopic (exact) mass is 358 g/mol. The summed E-state index contributed by atoms with van der Waals surface area (Å²) in [5.41, 5.74) is 6.40. The second-order valence-corrected chi connectivity index (χ2v) is 8.02. The number of hydrogen-bond acceptors (Lipinski definition) is 4. The van der Waals surface area contributed by atoms with Gasteiger partial charge in [-0.1, -0.05) is 48.9 Å². The molecule has 0 heterocycles. The molecule has 6 heteroatoms. The van der Waals surface area contributed by atoms with Gasteiger partial charge in [-0.3, -0.25) is 14.9 Å². The molecule has 2 aliphatic rings. The molecular formula is C20H26N2O4. The molecule has 0 spiro atoms. The van der Waals surface area contributed by atoms with E-state index >= 15 is 0 Å². The van der Waals surface area contributed by atoms with Gasteiger partial charge in [0.25, 0.3) is 0 Å². The van der Waals surface area contributed by atoms with Crippen LogP contribution in [0.2, 0.25) is 0 Å². The van der Waals surface area contributed by atoms with Gasteiger partial charge in [0.2, 0.25) is 6.54 Å². The maximum absolute atomic E-state index is 12.4. The fourth-order valence-corrected chi connectivity index (χ4v) is 5.36. The Morgan fingerprint density at radius 1 is 1.46 bits per heavy atom. The van der Waals surface area contributed by atoms with Crippen LogP contribution < -0.4 is 5.73 Å². The summed E-state index contributed by atoms with van der Waals surface area (Å²) in [5.74, 6) is -1.87. The van der Waals surface area contributed by atoms with Crippen LogP contribution in [0.15, 0.2) is 42.0 Å². The Morgan fingerprint density at radius 3 is 2.65 bits per heavy atom. The van der Waals surface area contributed by atoms with Crippen LogP contribution in [0.5, 0.6) is 0 Å². The lowest BCUT2D eigenvalue weighted by Gasteiger charge is -2.56. The number of carboxylic acids is 1. The van der Waals surface area contributed by atoms with E-state index in [-0.39, 0.29) is 17.4 Å². The molecule has 5 atom stereocenters. The van der Waals surface area contributed by atoms with Crippen molar-refractivity contribution in [2.24, 2.45) is 28.9 Å². The first kappa shape index (κ1) is 18.6. The van der Waals surface area contributed by atoms with Crippen molar-refractivity contribution >= 4 is 5.97 Å². The number of carboxylic acid groups (broad SMARTS) is 1. The van der Waals surface area contributed by atoms with E-state index in [1.165, 1.54) is 5.57 Å². The zero-order chi connectivity index (χ0) is 19.1. The van der Waals surface area contributed by atoms with E-state index in [9.17, 15) is 20.0 Å². The number of nitrogens with zero attached hydrogens (tertiary/aromatic N) is 1. The predicted molar refractivity (Wildman–Crippen MR) is 98.0 cm³/mol.